The number of carbonyl (C=O) groups excluding carboxylic acids is 2. The summed E-state index contributed by atoms with van der Waals surface area (Å²) in [6, 6.07) is 1.46. The third kappa shape index (κ3) is 9.36. The fourth-order valence-electron chi connectivity index (χ4n) is 2.00. The van der Waals surface area contributed by atoms with Crippen LogP contribution in [0.4, 0.5) is 4.79 Å². The number of hydrogen-bond donors (Lipinski definition) is 0. The zero-order valence-electron chi connectivity index (χ0n) is 17.2. The molecule has 0 unspecified atom stereocenters. The van der Waals surface area contributed by atoms with Crippen molar-refractivity contribution in [2.45, 2.75) is 32.8 Å². The van der Waals surface area contributed by atoms with Gasteiger partial charge in [0.05, 0.1) is 6.61 Å². The van der Waals surface area contributed by atoms with Gasteiger partial charge in [-0.3, -0.25) is 4.79 Å². The zero-order valence-corrected chi connectivity index (χ0v) is 17.2. The monoisotopic (exact) mass is 393 g/mol. The molecule has 0 aliphatic heterocycles. The van der Waals surface area contributed by atoms with Crippen LogP contribution in [0.2, 0.25) is 0 Å². The van der Waals surface area contributed by atoms with E-state index in [9.17, 15) is 9.59 Å². The van der Waals surface area contributed by atoms with Crippen LogP contribution in [0.5, 0.6) is 0 Å². The second-order valence-electron chi connectivity index (χ2n) is 6.42. The third-order valence-corrected chi connectivity index (χ3v) is 3.67. The van der Waals surface area contributed by atoms with Gasteiger partial charge in [-0.05, 0) is 12.8 Å². The van der Waals surface area contributed by atoms with Crippen molar-refractivity contribution < 1.29 is 23.6 Å². The lowest BCUT2D eigenvalue weighted by Gasteiger charge is -2.13. The predicted molar refractivity (Wildman–Crippen MR) is 106 cm³/mol. The summed E-state index contributed by atoms with van der Waals surface area (Å²) in [6.45, 7) is 4.00. The van der Waals surface area contributed by atoms with E-state index >= 15 is 0 Å². The van der Waals surface area contributed by atoms with Crippen LogP contribution in [0, 0.1) is 0 Å². The van der Waals surface area contributed by atoms with Crippen LogP contribution < -0.4 is 0 Å². The van der Waals surface area contributed by atoms with Crippen molar-refractivity contribution in [1.82, 2.24) is 15.0 Å². The summed E-state index contributed by atoms with van der Waals surface area (Å²) in [7, 11) is 4.88. The number of amides is 2. The number of unbranched alkanes of at least 4 members (excludes halogenated alkanes) is 1. The maximum atomic E-state index is 12.0. The first-order valence-corrected chi connectivity index (χ1v) is 9.40. The summed E-state index contributed by atoms with van der Waals surface area (Å²) in [5.41, 5.74) is 0.176. The lowest BCUT2D eigenvalue weighted by Crippen LogP contribution is -2.27. The quantitative estimate of drug-likeness (QED) is 0.400. The van der Waals surface area contributed by atoms with Gasteiger partial charge in [0.1, 0.15) is 0 Å². The number of likely N-dealkylation sites (N-methyl/N-ethyl adjacent to an activating group) is 1. The van der Waals surface area contributed by atoms with Crippen LogP contribution in [0.25, 0.3) is 0 Å². The molecule has 0 aliphatic carbocycles. The second kappa shape index (κ2) is 13.5. The molecule has 1 heterocycles. The van der Waals surface area contributed by atoms with E-state index < -0.39 is 6.09 Å². The smallest absolute Gasteiger partial charge is 0.410 e. The van der Waals surface area contributed by atoms with E-state index in [4.69, 9.17) is 14.0 Å². The van der Waals surface area contributed by atoms with Gasteiger partial charge >= 0.3 is 6.09 Å². The number of carbonyl (C=O) groups is 2. The van der Waals surface area contributed by atoms with E-state index in [1.165, 1.54) is 15.9 Å². The maximum Gasteiger partial charge on any atom is 0.410 e. The van der Waals surface area contributed by atoms with Crippen molar-refractivity contribution in [3.05, 3.63) is 41.8 Å². The molecule has 0 spiro atoms. The van der Waals surface area contributed by atoms with Gasteiger partial charge in [-0.2, -0.15) is 0 Å². The molecule has 0 N–H and O–H groups in total. The SMILES string of the molecule is CCCCOCC/C=C/C=C/CN(C)C(=O)OCc1cc(C(=O)N(C)C)no1. The van der Waals surface area contributed by atoms with Crippen LogP contribution in [-0.4, -0.2) is 67.9 Å². The highest BCUT2D eigenvalue weighted by Gasteiger charge is 2.16. The Morgan fingerprint density at radius 2 is 1.93 bits per heavy atom. The molecule has 8 nitrogen and oxygen atoms in total. The fraction of sp³-hybridized carbons (Fsp3) is 0.550. The highest BCUT2D eigenvalue weighted by Crippen LogP contribution is 2.08. The molecule has 28 heavy (non-hydrogen) atoms. The van der Waals surface area contributed by atoms with E-state index in [0.717, 1.165) is 32.5 Å². The molecule has 0 bridgehead atoms. The van der Waals surface area contributed by atoms with E-state index in [1.807, 2.05) is 24.3 Å². The minimum Gasteiger partial charge on any atom is -0.441 e. The number of hydrogen-bond acceptors (Lipinski definition) is 6. The van der Waals surface area contributed by atoms with Crippen molar-refractivity contribution in [2.24, 2.45) is 0 Å². The fourth-order valence-corrected chi connectivity index (χ4v) is 2.00. The van der Waals surface area contributed by atoms with Gasteiger partial charge in [-0.1, -0.05) is 42.8 Å². The Balaban J connectivity index is 2.23. The molecular formula is C20H31N3O5. The summed E-state index contributed by atoms with van der Waals surface area (Å²) in [4.78, 5) is 26.5. The van der Waals surface area contributed by atoms with E-state index in [2.05, 4.69) is 12.1 Å². The van der Waals surface area contributed by atoms with Crippen molar-refractivity contribution in [1.29, 1.82) is 0 Å². The van der Waals surface area contributed by atoms with Crippen molar-refractivity contribution in [3.8, 4) is 0 Å². The summed E-state index contributed by atoms with van der Waals surface area (Å²) in [5.74, 6) is 0.0377. The van der Waals surface area contributed by atoms with Crippen molar-refractivity contribution in [2.75, 3.05) is 40.9 Å². The predicted octanol–water partition coefficient (Wildman–Crippen LogP) is 3.26. The van der Waals surface area contributed by atoms with E-state index in [-0.39, 0.29) is 18.2 Å². The maximum absolute atomic E-state index is 12.0. The van der Waals surface area contributed by atoms with Gasteiger partial charge in [0.2, 0.25) is 0 Å². The molecule has 0 saturated carbocycles. The first-order valence-electron chi connectivity index (χ1n) is 9.40. The zero-order chi connectivity index (χ0) is 20.8. The van der Waals surface area contributed by atoms with Crippen LogP contribution in [0.3, 0.4) is 0 Å². The molecular weight excluding hydrogens is 362 g/mol. The molecule has 1 rings (SSSR count). The van der Waals surface area contributed by atoms with Gasteiger partial charge in [0.25, 0.3) is 5.91 Å². The Bertz CT molecular complexity index is 652. The molecule has 0 radical (unpaired) electrons. The first kappa shape index (κ1) is 23.4. The normalized spacial score (nSPS) is 11.3. The van der Waals surface area contributed by atoms with Crippen LogP contribution in [0.1, 0.15) is 42.4 Å². The average Bonchev–Trinajstić information content (AvgIpc) is 3.15. The molecule has 0 aromatic carbocycles. The van der Waals surface area contributed by atoms with Gasteiger partial charge in [0.15, 0.2) is 18.1 Å². The molecule has 0 saturated heterocycles. The topological polar surface area (TPSA) is 85.1 Å². The Hall–Kier alpha value is -2.61. The summed E-state index contributed by atoms with van der Waals surface area (Å²) >= 11 is 0. The van der Waals surface area contributed by atoms with Gasteiger partial charge in [0, 0.05) is 40.4 Å². The van der Waals surface area contributed by atoms with E-state index in [1.54, 1.807) is 21.1 Å². The van der Waals surface area contributed by atoms with Crippen LogP contribution in [-0.2, 0) is 16.1 Å². The van der Waals surface area contributed by atoms with Crippen molar-refractivity contribution >= 4 is 12.0 Å². The highest BCUT2D eigenvalue weighted by atomic mass is 16.6. The number of rotatable bonds is 12. The molecule has 0 aliphatic rings. The summed E-state index contributed by atoms with van der Waals surface area (Å²) in [6.07, 6.45) is 10.3. The van der Waals surface area contributed by atoms with E-state index in [0.29, 0.717) is 12.3 Å². The minimum atomic E-state index is -0.491. The Morgan fingerprint density at radius 1 is 1.18 bits per heavy atom. The standard InChI is InChI=1S/C20H31N3O5/c1-5-6-13-26-14-11-9-7-8-10-12-23(4)20(25)27-16-17-15-18(21-28-17)19(24)22(2)3/h7-10,15H,5-6,11-14,16H2,1-4H3/b9-7+,10-8+. The molecule has 0 atom stereocenters. The highest BCUT2D eigenvalue weighted by molar-refractivity contribution is 5.91. The lowest BCUT2D eigenvalue weighted by atomic mass is 10.3. The van der Waals surface area contributed by atoms with Gasteiger partial charge in [-0.15, -0.1) is 0 Å². The molecule has 1 aromatic heterocycles. The number of aromatic nitrogens is 1. The van der Waals surface area contributed by atoms with Gasteiger partial charge in [-0.25, -0.2) is 4.79 Å². The Morgan fingerprint density at radius 3 is 2.64 bits per heavy atom. The second-order valence-corrected chi connectivity index (χ2v) is 6.42. The molecule has 156 valence electrons. The minimum absolute atomic E-state index is 0.0848. The average molecular weight is 393 g/mol. The molecule has 2 amide bonds. The lowest BCUT2D eigenvalue weighted by molar-refractivity contribution is 0.0815. The largest absolute Gasteiger partial charge is 0.441 e. The molecule has 1 aromatic rings. The summed E-state index contributed by atoms with van der Waals surface area (Å²) < 4.78 is 15.6. The Kier molecular flexibility index (Phi) is 11.3. The first-order chi connectivity index (χ1) is 13.5. The van der Waals surface area contributed by atoms with Crippen molar-refractivity contribution in [3.63, 3.8) is 0 Å². The number of ether oxygens (including phenoxy) is 2. The number of nitrogens with zero attached hydrogens (tertiary/aromatic N) is 3. The third-order valence-electron chi connectivity index (χ3n) is 3.67. The van der Waals surface area contributed by atoms with Crippen LogP contribution >= 0.6 is 0 Å². The Labute approximate surface area is 166 Å². The molecule has 0 fully saturated rings. The number of allylic oxidation sites excluding steroid dienone is 2. The van der Waals surface area contributed by atoms with Crippen LogP contribution in [0.15, 0.2) is 34.9 Å². The van der Waals surface area contributed by atoms with Gasteiger partial charge < -0.3 is 23.8 Å². The molecule has 8 heteroatoms. The summed E-state index contributed by atoms with van der Waals surface area (Å²) in [5, 5.41) is 3.67.